The summed E-state index contributed by atoms with van der Waals surface area (Å²) in [6, 6.07) is 17.1. The van der Waals surface area contributed by atoms with Crippen molar-refractivity contribution in [2.75, 3.05) is 10.6 Å². The standard InChI is InChI=1S/C22H23N5O4/c1-22(2,3)30-21(28)24-17-11-12-18(29-17)27-13-7-10-16(27)19-20(26-31-25-19)23-14-15-8-5-4-6-9-15/h4-13H,14H2,1-3H3,(H,23,26)(H,24,28). The number of amides is 1. The predicted octanol–water partition coefficient (Wildman–Crippen LogP) is 5.08. The van der Waals surface area contributed by atoms with Crippen molar-refractivity contribution in [3.8, 4) is 17.3 Å². The third kappa shape index (κ3) is 4.95. The number of nitrogens with one attached hydrogen (secondary N) is 2. The Bertz CT molecular complexity index is 1150. The molecule has 0 aliphatic rings. The van der Waals surface area contributed by atoms with Gasteiger partial charge < -0.3 is 14.5 Å². The molecule has 9 heteroatoms. The first-order chi connectivity index (χ1) is 14.9. The molecule has 0 radical (unpaired) electrons. The van der Waals surface area contributed by atoms with E-state index >= 15 is 0 Å². The molecule has 1 amide bonds. The van der Waals surface area contributed by atoms with Gasteiger partial charge in [0.05, 0.1) is 5.69 Å². The first-order valence-corrected chi connectivity index (χ1v) is 9.77. The van der Waals surface area contributed by atoms with E-state index in [1.165, 1.54) is 0 Å². The van der Waals surface area contributed by atoms with Crippen molar-refractivity contribution in [3.05, 3.63) is 66.4 Å². The topological polar surface area (TPSA) is 107 Å². The molecule has 0 saturated carbocycles. The summed E-state index contributed by atoms with van der Waals surface area (Å²) in [5.41, 5.74) is 1.76. The van der Waals surface area contributed by atoms with E-state index in [0.717, 1.165) is 11.3 Å². The number of carbonyl (C=O) groups is 1. The highest BCUT2D eigenvalue weighted by Gasteiger charge is 2.20. The molecule has 1 aromatic carbocycles. The Labute approximate surface area is 179 Å². The second-order valence-corrected chi connectivity index (χ2v) is 7.83. The molecule has 0 aliphatic carbocycles. The lowest BCUT2D eigenvalue weighted by Crippen LogP contribution is -2.27. The van der Waals surface area contributed by atoms with E-state index in [2.05, 4.69) is 20.9 Å². The highest BCUT2D eigenvalue weighted by Crippen LogP contribution is 2.29. The van der Waals surface area contributed by atoms with Gasteiger partial charge in [-0.15, -0.1) is 0 Å². The van der Waals surface area contributed by atoms with Crippen molar-refractivity contribution in [2.24, 2.45) is 0 Å². The van der Waals surface area contributed by atoms with E-state index in [1.54, 1.807) is 37.5 Å². The molecule has 3 heterocycles. The van der Waals surface area contributed by atoms with Crippen LogP contribution in [0, 0.1) is 0 Å². The average molecular weight is 421 g/mol. The first-order valence-electron chi connectivity index (χ1n) is 9.77. The van der Waals surface area contributed by atoms with Crippen LogP contribution < -0.4 is 10.6 Å². The van der Waals surface area contributed by atoms with E-state index in [1.807, 2.05) is 48.7 Å². The molecule has 0 unspecified atom stereocenters. The number of benzene rings is 1. The van der Waals surface area contributed by atoms with Gasteiger partial charge in [-0.05, 0) is 48.8 Å². The van der Waals surface area contributed by atoms with Crippen molar-refractivity contribution < 1.29 is 18.6 Å². The molecule has 0 saturated heterocycles. The fourth-order valence-corrected chi connectivity index (χ4v) is 2.95. The van der Waals surface area contributed by atoms with Gasteiger partial charge in [-0.25, -0.2) is 9.42 Å². The summed E-state index contributed by atoms with van der Waals surface area (Å²) in [7, 11) is 0. The minimum atomic E-state index is -0.601. The summed E-state index contributed by atoms with van der Waals surface area (Å²) in [4.78, 5) is 12.0. The minimum Gasteiger partial charge on any atom is -0.444 e. The van der Waals surface area contributed by atoms with Gasteiger partial charge in [-0.1, -0.05) is 30.3 Å². The molecule has 0 bridgehead atoms. The van der Waals surface area contributed by atoms with E-state index < -0.39 is 11.7 Å². The molecule has 0 fully saturated rings. The van der Waals surface area contributed by atoms with E-state index in [0.29, 0.717) is 23.9 Å². The van der Waals surface area contributed by atoms with Gasteiger partial charge in [-0.2, -0.15) is 0 Å². The Morgan fingerprint density at radius 3 is 2.65 bits per heavy atom. The number of ether oxygens (including phenoxy) is 1. The lowest BCUT2D eigenvalue weighted by molar-refractivity contribution is 0.0632. The summed E-state index contributed by atoms with van der Waals surface area (Å²) in [5, 5.41) is 13.9. The van der Waals surface area contributed by atoms with Crippen LogP contribution in [0.5, 0.6) is 0 Å². The van der Waals surface area contributed by atoms with Crippen molar-refractivity contribution >= 4 is 17.8 Å². The molecule has 0 spiro atoms. The number of nitrogens with zero attached hydrogens (tertiary/aromatic N) is 3. The molecule has 4 aromatic rings. The van der Waals surface area contributed by atoms with Crippen LogP contribution in [-0.2, 0) is 11.3 Å². The number of rotatable bonds is 6. The lowest BCUT2D eigenvalue weighted by Gasteiger charge is -2.18. The van der Waals surface area contributed by atoms with Crippen LogP contribution in [0.25, 0.3) is 17.3 Å². The summed E-state index contributed by atoms with van der Waals surface area (Å²) in [6.07, 6.45) is 1.23. The smallest absolute Gasteiger partial charge is 0.414 e. The van der Waals surface area contributed by atoms with Crippen LogP contribution in [-0.4, -0.2) is 26.6 Å². The van der Waals surface area contributed by atoms with Crippen LogP contribution in [0.15, 0.2) is 69.8 Å². The third-order valence-corrected chi connectivity index (χ3v) is 4.24. The van der Waals surface area contributed by atoms with Gasteiger partial charge in [0.15, 0.2) is 5.69 Å². The molecule has 31 heavy (non-hydrogen) atoms. The monoisotopic (exact) mass is 421 g/mol. The van der Waals surface area contributed by atoms with E-state index in [9.17, 15) is 4.79 Å². The third-order valence-electron chi connectivity index (χ3n) is 4.24. The highest BCUT2D eigenvalue weighted by atomic mass is 16.6. The fourth-order valence-electron chi connectivity index (χ4n) is 2.95. The zero-order valence-electron chi connectivity index (χ0n) is 17.5. The number of anilines is 2. The summed E-state index contributed by atoms with van der Waals surface area (Å²) in [6.45, 7) is 5.96. The lowest BCUT2D eigenvalue weighted by atomic mass is 10.2. The van der Waals surface area contributed by atoms with Crippen LogP contribution in [0.4, 0.5) is 16.5 Å². The Kier molecular flexibility index (Phi) is 5.48. The van der Waals surface area contributed by atoms with E-state index in [-0.39, 0.29) is 5.88 Å². The van der Waals surface area contributed by atoms with Crippen LogP contribution >= 0.6 is 0 Å². The number of carbonyl (C=O) groups excluding carboxylic acids is 1. The molecular weight excluding hydrogens is 398 g/mol. The van der Waals surface area contributed by atoms with Crippen LogP contribution in [0.1, 0.15) is 26.3 Å². The Morgan fingerprint density at radius 1 is 1.06 bits per heavy atom. The molecule has 4 rings (SSSR count). The van der Waals surface area contributed by atoms with Gasteiger partial charge in [-0.3, -0.25) is 9.88 Å². The van der Waals surface area contributed by atoms with Gasteiger partial charge >= 0.3 is 6.09 Å². The molecule has 160 valence electrons. The SMILES string of the molecule is CC(C)(C)OC(=O)Nc1ccc(-n2cccc2-c2nonc2NCc2ccccc2)o1. The molecule has 0 atom stereocenters. The highest BCUT2D eigenvalue weighted by molar-refractivity contribution is 5.83. The van der Waals surface area contributed by atoms with Crippen molar-refractivity contribution in [2.45, 2.75) is 32.9 Å². The fraction of sp³-hybridized carbons (Fsp3) is 0.227. The van der Waals surface area contributed by atoms with Gasteiger partial charge in [0, 0.05) is 24.9 Å². The molecular formula is C22H23N5O4. The zero-order chi connectivity index (χ0) is 21.8. The largest absolute Gasteiger partial charge is 0.444 e. The van der Waals surface area contributed by atoms with Gasteiger partial charge in [0.1, 0.15) is 5.60 Å². The molecule has 0 aliphatic heterocycles. The maximum Gasteiger partial charge on any atom is 0.414 e. The predicted molar refractivity (Wildman–Crippen MR) is 115 cm³/mol. The van der Waals surface area contributed by atoms with Gasteiger partial charge in [0.25, 0.3) is 0 Å². The zero-order valence-corrected chi connectivity index (χ0v) is 17.5. The summed E-state index contributed by atoms with van der Waals surface area (Å²) in [5.74, 6) is 1.27. The van der Waals surface area contributed by atoms with Gasteiger partial charge in [0.2, 0.25) is 17.6 Å². The molecule has 9 nitrogen and oxygen atoms in total. The Morgan fingerprint density at radius 2 is 1.87 bits per heavy atom. The minimum absolute atomic E-state index is 0.268. The Balaban J connectivity index is 1.51. The summed E-state index contributed by atoms with van der Waals surface area (Å²) >= 11 is 0. The van der Waals surface area contributed by atoms with E-state index in [4.69, 9.17) is 13.8 Å². The van der Waals surface area contributed by atoms with Crippen molar-refractivity contribution in [1.82, 2.24) is 14.9 Å². The van der Waals surface area contributed by atoms with Crippen molar-refractivity contribution in [3.63, 3.8) is 0 Å². The quantitative estimate of drug-likeness (QED) is 0.447. The van der Waals surface area contributed by atoms with Crippen LogP contribution in [0.3, 0.4) is 0 Å². The van der Waals surface area contributed by atoms with Crippen molar-refractivity contribution in [1.29, 1.82) is 0 Å². The second-order valence-electron chi connectivity index (χ2n) is 7.83. The number of hydrogen-bond acceptors (Lipinski definition) is 7. The molecule has 3 aromatic heterocycles. The summed E-state index contributed by atoms with van der Waals surface area (Å²) < 4.78 is 17.8. The normalized spacial score (nSPS) is 11.3. The van der Waals surface area contributed by atoms with Crippen LogP contribution in [0.2, 0.25) is 0 Å². The molecule has 2 N–H and O–H groups in total. The number of furan rings is 1. The number of aromatic nitrogens is 3. The average Bonchev–Trinajstić information content (AvgIpc) is 3.45. The number of hydrogen-bond donors (Lipinski definition) is 2. The first kappa shape index (κ1) is 20.3. The second kappa shape index (κ2) is 8.39. The Hall–Kier alpha value is -4.01. The maximum atomic E-state index is 12.0. The maximum absolute atomic E-state index is 12.0.